The fourth-order valence-corrected chi connectivity index (χ4v) is 2.92. The molecule has 0 spiro atoms. The van der Waals surface area contributed by atoms with E-state index in [-0.39, 0.29) is 17.4 Å². The van der Waals surface area contributed by atoms with Crippen molar-refractivity contribution in [2.75, 3.05) is 6.61 Å². The van der Waals surface area contributed by atoms with Gasteiger partial charge in [0, 0.05) is 17.5 Å². The molecule has 2 aromatic carbocycles. The van der Waals surface area contributed by atoms with Crippen LogP contribution in [0.2, 0.25) is 0 Å². The molecular formula is C19H23NO. The largest absolute Gasteiger partial charge is 0.493 e. The molecule has 2 aromatic rings. The van der Waals surface area contributed by atoms with E-state index in [0.717, 1.165) is 5.75 Å². The quantitative estimate of drug-likeness (QED) is 0.897. The first kappa shape index (κ1) is 14.2. The predicted octanol–water partition coefficient (Wildman–Crippen LogP) is 4.16. The van der Waals surface area contributed by atoms with Crippen LogP contribution in [-0.2, 0) is 5.41 Å². The van der Waals surface area contributed by atoms with Gasteiger partial charge in [-0.05, 0) is 22.6 Å². The summed E-state index contributed by atoms with van der Waals surface area (Å²) >= 11 is 0. The van der Waals surface area contributed by atoms with Crippen molar-refractivity contribution >= 4 is 0 Å². The van der Waals surface area contributed by atoms with Crippen molar-refractivity contribution in [3.8, 4) is 5.75 Å². The summed E-state index contributed by atoms with van der Waals surface area (Å²) in [4.78, 5) is 0. The van der Waals surface area contributed by atoms with Gasteiger partial charge < -0.3 is 10.5 Å². The highest BCUT2D eigenvalue weighted by atomic mass is 16.5. The zero-order chi connectivity index (χ0) is 15.0. The summed E-state index contributed by atoms with van der Waals surface area (Å²) in [5.74, 6) is 1.21. The molecule has 0 aliphatic carbocycles. The lowest BCUT2D eigenvalue weighted by atomic mass is 9.84. The highest BCUT2D eigenvalue weighted by Crippen LogP contribution is 2.40. The molecule has 0 saturated carbocycles. The second-order valence-electron chi connectivity index (χ2n) is 6.85. The standard InChI is InChI=1S/C19H23NO/c1-19(2,3)14-10-8-13(9-11-14)18(20)16-12-21-17-7-5-4-6-15(16)17/h4-11,16,18H,12,20H2,1-3H3. The van der Waals surface area contributed by atoms with Crippen LogP contribution in [0.1, 0.15) is 49.4 Å². The van der Waals surface area contributed by atoms with E-state index < -0.39 is 0 Å². The van der Waals surface area contributed by atoms with Crippen molar-refractivity contribution in [3.63, 3.8) is 0 Å². The van der Waals surface area contributed by atoms with Crippen LogP contribution >= 0.6 is 0 Å². The van der Waals surface area contributed by atoms with Crippen molar-refractivity contribution in [3.05, 3.63) is 65.2 Å². The summed E-state index contributed by atoms with van der Waals surface area (Å²) in [5.41, 5.74) is 10.4. The van der Waals surface area contributed by atoms with Gasteiger partial charge in [0.05, 0.1) is 6.61 Å². The Hall–Kier alpha value is -1.80. The number of rotatable bonds is 2. The summed E-state index contributed by atoms with van der Waals surface area (Å²) in [6.45, 7) is 7.34. The lowest BCUT2D eigenvalue weighted by molar-refractivity contribution is 0.315. The van der Waals surface area contributed by atoms with Gasteiger partial charge in [-0.15, -0.1) is 0 Å². The third-order valence-corrected chi connectivity index (χ3v) is 4.33. The molecule has 0 aromatic heterocycles. The molecule has 0 amide bonds. The minimum absolute atomic E-state index is 0.0253. The van der Waals surface area contributed by atoms with Gasteiger partial charge in [0.2, 0.25) is 0 Å². The molecule has 3 rings (SSSR count). The molecule has 2 unspecified atom stereocenters. The molecule has 2 nitrogen and oxygen atoms in total. The normalized spacial score (nSPS) is 19.0. The Balaban J connectivity index is 1.85. The zero-order valence-corrected chi connectivity index (χ0v) is 13.0. The number of ether oxygens (including phenoxy) is 1. The van der Waals surface area contributed by atoms with Crippen LogP contribution in [0.25, 0.3) is 0 Å². The Labute approximate surface area is 126 Å². The van der Waals surface area contributed by atoms with Crippen LogP contribution in [0.15, 0.2) is 48.5 Å². The van der Waals surface area contributed by atoms with Crippen LogP contribution in [-0.4, -0.2) is 6.61 Å². The molecule has 1 heterocycles. The third kappa shape index (κ3) is 2.68. The second kappa shape index (κ2) is 5.19. The lowest BCUT2D eigenvalue weighted by Gasteiger charge is -2.22. The fourth-order valence-electron chi connectivity index (χ4n) is 2.92. The Morgan fingerprint density at radius 1 is 1.05 bits per heavy atom. The van der Waals surface area contributed by atoms with Crippen LogP contribution in [0.5, 0.6) is 5.75 Å². The summed E-state index contributed by atoms with van der Waals surface area (Å²) in [6, 6.07) is 16.9. The van der Waals surface area contributed by atoms with Crippen LogP contribution < -0.4 is 10.5 Å². The van der Waals surface area contributed by atoms with Gasteiger partial charge in [-0.2, -0.15) is 0 Å². The molecule has 0 bridgehead atoms. The number of hydrogen-bond donors (Lipinski definition) is 1. The average molecular weight is 281 g/mol. The Kier molecular flexibility index (Phi) is 3.50. The Bertz CT molecular complexity index is 625. The first-order chi connectivity index (χ1) is 9.97. The van der Waals surface area contributed by atoms with Gasteiger partial charge >= 0.3 is 0 Å². The molecule has 2 heteroatoms. The molecule has 2 atom stereocenters. The van der Waals surface area contributed by atoms with E-state index in [4.69, 9.17) is 10.5 Å². The average Bonchev–Trinajstić information content (AvgIpc) is 2.90. The maximum Gasteiger partial charge on any atom is 0.122 e. The number of nitrogens with two attached hydrogens (primary N) is 1. The highest BCUT2D eigenvalue weighted by molar-refractivity contribution is 5.42. The van der Waals surface area contributed by atoms with E-state index in [1.165, 1.54) is 16.7 Å². The smallest absolute Gasteiger partial charge is 0.122 e. The Morgan fingerprint density at radius 2 is 1.71 bits per heavy atom. The van der Waals surface area contributed by atoms with Crippen molar-refractivity contribution < 1.29 is 4.74 Å². The molecular weight excluding hydrogens is 258 g/mol. The first-order valence-electron chi connectivity index (χ1n) is 7.54. The fraction of sp³-hybridized carbons (Fsp3) is 0.368. The summed E-state index contributed by atoms with van der Waals surface area (Å²) < 4.78 is 5.75. The van der Waals surface area contributed by atoms with Gasteiger partial charge in [0.1, 0.15) is 5.75 Å². The molecule has 1 aliphatic heterocycles. The van der Waals surface area contributed by atoms with Crippen molar-refractivity contribution in [1.82, 2.24) is 0 Å². The van der Waals surface area contributed by atoms with Gasteiger partial charge in [-0.25, -0.2) is 0 Å². The van der Waals surface area contributed by atoms with E-state index >= 15 is 0 Å². The third-order valence-electron chi connectivity index (χ3n) is 4.33. The lowest BCUT2D eigenvalue weighted by Crippen LogP contribution is -2.21. The minimum atomic E-state index is -0.0253. The molecule has 2 N–H and O–H groups in total. The van der Waals surface area contributed by atoms with Gasteiger partial charge in [-0.3, -0.25) is 0 Å². The Morgan fingerprint density at radius 3 is 2.38 bits per heavy atom. The predicted molar refractivity (Wildman–Crippen MR) is 86.7 cm³/mol. The van der Waals surface area contributed by atoms with E-state index in [9.17, 15) is 0 Å². The molecule has 21 heavy (non-hydrogen) atoms. The van der Waals surface area contributed by atoms with Gasteiger partial charge in [0.15, 0.2) is 0 Å². The highest BCUT2D eigenvalue weighted by Gasteiger charge is 2.30. The van der Waals surface area contributed by atoms with Crippen molar-refractivity contribution in [1.29, 1.82) is 0 Å². The maximum absolute atomic E-state index is 6.49. The second-order valence-corrected chi connectivity index (χ2v) is 6.85. The molecule has 110 valence electrons. The maximum atomic E-state index is 6.49. The van der Waals surface area contributed by atoms with Crippen LogP contribution in [0.4, 0.5) is 0 Å². The summed E-state index contributed by atoms with van der Waals surface area (Å²) in [5, 5.41) is 0. The first-order valence-corrected chi connectivity index (χ1v) is 7.54. The van der Waals surface area contributed by atoms with Crippen molar-refractivity contribution in [2.45, 2.75) is 38.1 Å². The SMILES string of the molecule is CC(C)(C)c1ccc(C(N)C2COc3ccccc32)cc1. The molecule has 1 aliphatic rings. The minimum Gasteiger partial charge on any atom is -0.493 e. The summed E-state index contributed by atoms with van der Waals surface area (Å²) in [6.07, 6.45) is 0. The van der Waals surface area contributed by atoms with Gasteiger partial charge in [0.25, 0.3) is 0 Å². The zero-order valence-electron chi connectivity index (χ0n) is 13.0. The van der Waals surface area contributed by atoms with Gasteiger partial charge in [-0.1, -0.05) is 63.2 Å². The topological polar surface area (TPSA) is 35.2 Å². The molecule has 0 fully saturated rings. The number of fused-ring (bicyclic) bond motifs is 1. The van der Waals surface area contributed by atoms with E-state index in [1.807, 2.05) is 12.1 Å². The van der Waals surface area contributed by atoms with E-state index in [0.29, 0.717) is 6.61 Å². The molecule has 0 saturated heterocycles. The number of benzene rings is 2. The van der Waals surface area contributed by atoms with E-state index in [2.05, 4.69) is 57.2 Å². The van der Waals surface area contributed by atoms with E-state index in [1.54, 1.807) is 0 Å². The molecule has 0 radical (unpaired) electrons. The summed E-state index contributed by atoms with van der Waals surface area (Å²) in [7, 11) is 0. The van der Waals surface area contributed by atoms with Crippen LogP contribution in [0.3, 0.4) is 0 Å². The van der Waals surface area contributed by atoms with Crippen molar-refractivity contribution in [2.24, 2.45) is 5.73 Å². The van der Waals surface area contributed by atoms with Crippen LogP contribution in [0, 0.1) is 0 Å². The number of para-hydroxylation sites is 1. The number of hydrogen-bond acceptors (Lipinski definition) is 2. The monoisotopic (exact) mass is 281 g/mol.